The molecule has 0 unspecified atom stereocenters. The lowest BCUT2D eigenvalue weighted by atomic mass is 9.97. The van der Waals surface area contributed by atoms with Crippen molar-refractivity contribution in [2.75, 3.05) is 6.61 Å². The maximum absolute atomic E-state index is 13.1. The zero-order valence-electron chi connectivity index (χ0n) is 34.4. The lowest BCUT2D eigenvalue weighted by Gasteiger charge is -2.20. The molecule has 55 heavy (non-hydrogen) atoms. The molecule has 5 heteroatoms. The fourth-order valence-corrected chi connectivity index (χ4v) is 7.12. The zero-order valence-corrected chi connectivity index (χ0v) is 34.4. The van der Waals surface area contributed by atoms with Gasteiger partial charge >= 0.3 is 11.9 Å². The van der Waals surface area contributed by atoms with Gasteiger partial charge < -0.3 is 14.2 Å². The fourth-order valence-electron chi connectivity index (χ4n) is 7.12. The summed E-state index contributed by atoms with van der Waals surface area (Å²) in [6.45, 7) is 9.27. The van der Waals surface area contributed by atoms with Crippen LogP contribution in [0.25, 0.3) is 21.9 Å². The summed E-state index contributed by atoms with van der Waals surface area (Å²) in [4.78, 5) is 26.1. The van der Waals surface area contributed by atoms with Crippen molar-refractivity contribution in [2.24, 2.45) is 0 Å². The van der Waals surface area contributed by atoms with Gasteiger partial charge in [0.2, 0.25) is 0 Å². The molecule has 1 atom stereocenters. The predicted octanol–water partition coefficient (Wildman–Crippen LogP) is 14.6. The van der Waals surface area contributed by atoms with Crippen LogP contribution in [0.1, 0.15) is 172 Å². The Bertz CT molecular complexity index is 1670. The highest BCUT2D eigenvalue weighted by atomic mass is 16.5. The second-order valence-corrected chi connectivity index (χ2v) is 15.4. The molecule has 298 valence electrons. The van der Waals surface area contributed by atoms with E-state index in [4.69, 9.17) is 14.2 Å². The van der Waals surface area contributed by atoms with Crippen LogP contribution in [0.5, 0.6) is 11.5 Å². The van der Waals surface area contributed by atoms with Crippen LogP contribution in [0.4, 0.5) is 0 Å². The zero-order chi connectivity index (χ0) is 39.1. The average Bonchev–Trinajstić information content (AvgIpc) is 3.21. The van der Waals surface area contributed by atoms with E-state index in [0.717, 1.165) is 84.8 Å². The van der Waals surface area contributed by atoms with Gasteiger partial charge in [0.25, 0.3) is 0 Å². The summed E-state index contributed by atoms with van der Waals surface area (Å²) >= 11 is 0. The van der Waals surface area contributed by atoms with Crippen LogP contribution < -0.4 is 9.47 Å². The average molecular weight is 749 g/mol. The Morgan fingerprint density at radius 1 is 0.527 bits per heavy atom. The van der Waals surface area contributed by atoms with Gasteiger partial charge in [0.05, 0.1) is 18.1 Å². The summed E-state index contributed by atoms with van der Waals surface area (Å²) in [5.41, 5.74) is 3.49. The topological polar surface area (TPSA) is 61.8 Å². The maximum Gasteiger partial charge on any atom is 0.343 e. The van der Waals surface area contributed by atoms with Crippen LogP contribution in [0.3, 0.4) is 0 Å². The quantitative estimate of drug-likeness (QED) is 0.0345. The monoisotopic (exact) mass is 749 g/mol. The Labute approximate surface area is 332 Å². The molecule has 0 fully saturated rings. The lowest BCUT2D eigenvalue weighted by molar-refractivity contribution is -0.151. The van der Waals surface area contributed by atoms with E-state index < -0.39 is 5.97 Å². The molecule has 0 bridgehead atoms. The van der Waals surface area contributed by atoms with Crippen molar-refractivity contribution in [3.05, 3.63) is 96.1 Å². The van der Waals surface area contributed by atoms with E-state index in [9.17, 15) is 9.59 Å². The smallest absolute Gasteiger partial charge is 0.343 e. The first-order valence-corrected chi connectivity index (χ1v) is 21.7. The normalized spacial score (nSPS) is 11.9. The molecule has 5 nitrogen and oxygen atoms in total. The third-order valence-electron chi connectivity index (χ3n) is 10.8. The van der Waals surface area contributed by atoms with E-state index >= 15 is 0 Å². The number of rotatable bonds is 27. The number of carbonyl (C=O) groups is 2. The van der Waals surface area contributed by atoms with Gasteiger partial charge in [-0.2, -0.15) is 0 Å². The Kier molecular flexibility index (Phi) is 19.9. The van der Waals surface area contributed by atoms with Gasteiger partial charge in [-0.15, -0.1) is 0 Å². The number of hydrogen-bond acceptors (Lipinski definition) is 5. The Balaban J connectivity index is 1.18. The fraction of sp³-hybridized carbons (Fsp3) is 0.520. The van der Waals surface area contributed by atoms with E-state index in [-0.39, 0.29) is 18.0 Å². The highest BCUT2D eigenvalue weighted by Crippen LogP contribution is 2.28. The van der Waals surface area contributed by atoms with Gasteiger partial charge in [-0.05, 0) is 90.0 Å². The Morgan fingerprint density at radius 2 is 1.02 bits per heavy atom. The second kappa shape index (κ2) is 25.1. The molecule has 4 aromatic carbocycles. The summed E-state index contributed by atoms with van der Waals surface area (Å²) < 4.78 is 17.7. The number of fused-ring (bicyclic) bond motifs is 1. The summed E-state index contributed by atoms with van der Waals surface area (Å²) in [6.07, 6.45) is 23.6. The summed E-state index contributed by atoms with van der Waals surface area (Å²) in [5, 5.41) is 1.91. The van der Waals surface area contributed by atoms with Crippen molar-refractivity contribution in [2.45, 2.75) is 162 Å². The third-order valence-corrected chi connectivity index (χ3v) is 10.8. The van der Waals surface area contributed by atoms with Crippen LogP contribution in [0, 0.1) is 0 Å². The second-order valence-electron chi connectivity index (χ2n) is 15.4. The summed E-state index contributed by atoms with van der Waals surface area (Å²) in [5.74, 6) is 0.429. The number of hydrogen-bond donors (Lipinski definition) is 0. The SMILES string of the molecule is CCCCCCCCCCCCCCCOc1ccc(-c2ccc(C(=O)Oc3ccc4cc([C@H](C)C(=O)OC(CCCC)CCCC)ccc4c3)cc2)cc1. The van der Waals surface area contributed by atoms with Gasteiger partial charge in [-0.1, -0.05) is 172 Å². The highest BCUT2D eigenvalue weighted by molar-refractivity contribution is 5.93. The Morgan fingerprint density at radius 3 is 1.60 bits per heavy atom. The molecule has 0 aliphatic carbocycles. The maximum atomic E-state index is 13.1. The third kappa shape index (κ3) is 15.5. The first-order chi connectivity index (χ1) is 26.9. The van der Waals surface area contributed by atoms with Gasteiger partial charge in [0, 0.05) is 0 Å². The minimum Gasteiger partial charge on any atom is -0.494 e. The van der Waals surface area contributed by atoms with Gasteiger partial charge in [-0.3, -0.25) is 4.79 Å². The number of ether oxygens (including phenoxy) is 3. The van der Waals surface area contributed by atoms with Crippen molar-refractivity contribution in [3.63, 3.8) is 0 Å². The van der Waals surface area contributed by atoms with Crippen molar-refractivity contribution in [1.82, 2.24) is 0 Å². The van der Waals surface area contributed by atoms with E-state index in [1.54, 1.807) is 18.2 Å². The van der Waals surface area contributed by atoms with Crippen LogP contribution in [0.15, 0.2) is 84.9 Å². The van der Waals surface area contributed by atoms with E-state index in [0.29, 0.717) is 11.3 Å². The van der Waals surface area contributed by atoms with E-state index in [2.05, 4.69) is 32.9 Å². The minimum atomic E-state index is -0.406. The van der Waals surface area contributed by atoms with Crippen LogP contribution in [-0.2, 0) is 9.53 Å². The Hall–Kier alpha value is -4.12. The van der Waals surface area contributed by atoms with Gasteiger partial charge in [-0.25, -0.2) is 4.79 Å². The summed E-state index contributed by atoms with van der Waals surface area (Å²) in [7, 11) is 0. The molecule has 0 spiro atoms. The van der Waals surface area contributed by atoms with Crippen LogP contribution in [0.2, 0.25) is 0 Å². The van der Waals surface area contributed by atoms with Gasteiger partial charge in [0.15, 0.2) is 0 Å². The first kappa shape index (κ1) is 43.6. The molecule has 0 aliphatic heterocycles. The van der Waals surface area contributed by atoms with Crippen molar-refractivity contribution in [3.8, 4) is 22.6 Å². The molecule has 4 aromatic rings. The van der Waals surface area contributed by atoms with Crippen molar-refractivity contribution >= 4 is 22.7 Å². The standard InChI is InChI=1S/C50H68O5/c1-5-8-11-12-13-14-15-16-17-18-19-20-21-36-53-46-33-30-41(31-34-46)40-24-26-42(27-25-40)50(52)55-48-35-32-44-37-43(28-29-45(44)38-48)39(4)49(51)54-47(22-9-6-2)23-10-7-3/h24-35,37-39,47H,5-23,36H2,1-4H3/t39-/m0/s1. The van der Waals surface area contributed by atoms with Crippen LogP contribution in [-0.4, -0.2) is 24.6 Å². The number of carbonyl (C=O) groups excluding carboxylic acids is 2. The highest BCUT2D eigenvalue weighted by Gasteiger charge is 2.21. The number of benzene rings is 4. The predicted molar refractivity (Wildman–Crippen MR) is 229 cm³/mol. The van der Waals surface area contributed by atoms with Crippen LogP contribution >= 0.6 is 0 Å². The van der Waals surface area contributed by atoms with E-state index in [1.807, 2.05) is 61.5 Å². The van der Waals surface area contributed by atoms with Crippen molar-refractivity contribution < 1.29 is 23.8 Å². The molecular weight excluding hydrogens is 681 g/mol. The summed E-state index contributed by atoms with van der Waals surface area (Å²) in [6, 6.07) is 27.2. The molecule has 4 rings (SSSR count). The molecule has 0 saturated heterocycles. The molecule has 0 aromatic heterocycles. The molecule has 0 radical (unpaired) electrons. The number of unbranched alkanes of at least 4 members (excludes halogenated alkanes) is 14. The molecule has 0 amide bonds. The first-order valence-electron chi connectivity index (χ1n) is 21.7. The number of esters is 2. The molecular formula is C50H68O5. The molecule has 0 heterocycles. The molecule has 0 N–H and O–H groups in total. The lowest BCUT2D eigenvalue weighted by Crippen LogP contribution is -2.22. The van der Waals surface area contributed by atoms with Gasteiger partial charge in [0.1, 0.15) is 17.6 Å². The molecule has 0 aliphatic rings. The molecule has 0 saturated carbocycles. The van der Waals surface area contributed by atoms with Crippen molar-refractivity contribution in [1.29, 1.82) is 0 Å². The minimum absolute atomic E-state index is 0.0150. The largest absolute Gasteiger partial charge is 0.494 e. The van der Waals surface area contributed by atoms with E-state index in [1.165, 1.54) is 77.0 Å².